The van der Waals surface area contributed by atoms with E-state index in [1.807, 2.05) is 12.1 Å². The zero-order chi connectivity index (χ0) is 14.0. The van der Waals surface area contributed by atoms with E-state index in [0.717, 1.165) is 13.1 Å². The van der Waals surface area contributed by atoms with Crippen molar-refractivity contribution in [2.75, 3.05) is 31.1 Å². The quantitative estimate of drug-likeness (QED) is 0.849. The molecule has 0 amide bonds. The molecule has 5 heteroatoms. The number of nitrogens with zero attached hydrogens (tertiary/aromatic N) is 2. The molecule has 0 aliphatic carbocycles. The molecule has 0 atom stereocenters. The van der Waals surface area contributed by atoms with Crippen LogP contribution in [0.3, 0.4) is 0 Å². The normalized spacial score (nSPS) is 18.0. The SMILES string of the molecule is Cc1ccccc1N1CCN(S(=O)(=O)C(C)C)CC1. The van der Waals surface area contributed by atoms with Crippen LogP contribution < -0.4 is 4.90 Å². The standard InChI is InChI=1S/C14H22N2O2S/c1-12(2)19(17,18)16-10-8-15(9-11-16)14-7-5-4-6-13(14)3/h4-7,12H,8-11H2,1-3H3. The zero-order valence-electron chi connectivity index (χ0n) is 11.8. The van der Waals surface area contributed by atoms with Crippen molar-refractivity contribution in [1.29, 1.82) is 0 Å². The Balaban J connectivity index is 2.06. The fourth-order valence-electron chi connectivity index (χ4n) is 2.40. The maximum atomic E-state index is 12.1. The fraction of sp³-hybridized carbons (Fsp3) is 0.571. The molecule has 2 rings (SSSR count). The van der Waals surface area contributed by atoms with Crippen LogP contribution in [0.15, 0.2) is 24.3 Å². The highest BCUT2D eigenvalue weighted by Crippen LogP contribution is 2.22. The number of hydrogen-bond acceptors (Lipinski definition) is 3. The van der Waals surface area contributed by atoms with Gasteiger partial charge in [0.15, 0.2) is 0 Å². The molecule has 4 nitrogen and oxygen atoms in total. The Morgan fingerprint density at radius 2 is 1.63 bits per heavy atom. The largest absolute Gasteiger partial charge is 0.369 e. The Morgan fingerprint density at radius 1 is 1.05 bits per heavy atom. The minimum atomic E-state index is -3.11. The average molecular weight is 282 g/mol. The van der Waals surface area contributed by atoms with Gasteiger partial charge in [0.05, 0.1) is 5.25 Å². The molecular formula is C14H22N2O2S. The molecule has 0 bridgehead atoms. The molecule has 1 aromatic rings. The summed E-state index contributed by atoms with van der Waals surface area (Å²) in [5.41, 5.74) is 2.45. The fourth-order valence-corrected chi connectivity index (χ4v) is 3.67. The Morgan fingerprint density at radius 3 is 2.16 bits per heavy atom. The average Bonchev–Trinajstić information content (AvgIpc) is 2.39. The molecule has 0 aromatic heterocycles. The Bertz CT molecular complexity index is 532. The maximum Gasteiger partial charge on any atom is 0.216 e. The van der Waals surface area contributed by atoms with Gasteiger partial charge in [-0.3, -0.25) is 0 Å². The molecule has 106 valence electrons. The molecule has 1 heterocycles. The Hall–Kier alpha value is -1.07. The van der Waals surface area contributed by atoms with Gasteiger partial charge >= 0.3 is 0 Å². The van der Waals surface area contributed by atoms with E-state index < -0.39 is 10.0 Å². The molecular weight excluding hydrogens is 260 g/mol. The lowest BCUT2D eigenvalue weighted by Crippen LogP contribution is -2.50. The lowest BCUT2D eigenvalue weighted by Gasteiger charge is -2.36. The van der Waals surface area contributed by atoms with Crippen LogP contribution in [0.2, 0.25) is 0 Å². The molecule has 0 spiro atoms. The third kappa shape index (κ3) is 2.92. The first-order chi connectivity index (χ1) is 8.93. The summed E-state index contributed by atoms with van der Waals surface area (Å²) in [5, 5.41) is -0.336. The number of anilines is 1. The number of sulfonamides is 1. The van der Waals surface area contributed by atoms with Gasteiger partial charge in [-0.1, -0.05) is 18.2 Å². The molecule has 1 aliphatic heterocycles. The summed E-state index contributed by atoms with van der Waals surface area (Å²) in [4.78, 5) is 2.27. The highest BCUT2D eigenvalue weighted by Gasteiger charge is 2.29. The Kier molecular flexibility index (Phi) is 4.16. The minimum Gasteiger partial charge on any atom is -0.369 e. The molecule has 1 aromatic carbocycles. The number of para-hydroxylation sites is 1. The van der Waals surface area contributed by atoms with E-state index in [9.17, 15) is 8.42 Å². The highest BCUT2D eigenvalue weighted by molar-refractivity contribution is 7.89. The molecule has 19 heavy (non-hydrogen) atoms. The molecule has 1 saturated heterocycles. The minimum absolute atomic E-state index is 0.336. The Labute approximate surface area is 116 Å². The number of rotatable bonds is 3. The summed E-state index contributed by atoms with van der Waals surface area (Å²) in [5.74, 6) is 0. The zero-order valence-corrected chi connectivity index (χ0v) is 12.7. The second-order valence-corrected chi connectivity index (χ2v) is 7.76. The van der Waals surface area contributed by atoms with Crippen molar-refractivity contribution in [1.82, 2.24) is 4.31 Å². The molecule has 1 aliphatic rings. The first-order valence-corrected chi connectivity index (χ1v) is 8.23. The van der Waals surface area contributed by atoms with Gasteiger partial charge in [-0.25, -0.2) is 8.42 Å². The summed E-state index contributed by atoms with van der Waals surface area (Å²) in [6.45, 7) is 8.25. The smallest absolute Gasteiger partial charge is 0.216 e. The van der Waals surface area contributed by atoms with Gasteiger partial charge in [-0.2, -0.15) is 4.31 Å². The molecule has 0 N–H and O–H groups in total. The van der Waals surface area contributed by atoms with Crippen LogP contribution >= 0.6 is 0 Å². The summed E-state index contributed by atoms with van der Waals surface area (Å²) >= 11 is 0. The van der Waals surface area contributed by atoms with Crippen molar-refractivity contribution in [2.45, 2.75) is 26.0 Å². The van der Waals surface area contributed by atoms with Crippen molar-refractivity contribution in [3.8, 4) is 0 Å². The van der Waals surface area contributed by atoms with Crippen molar-refractivity contribution in [3.05, 3.63) is 29.8 Å². The van der Waals surface area contributed by atoms with E-state index in [1.165, 1.54) is 11.3 Å². The van der Waals surface area contributed by atoms with E-state index >= 15 is 0 Å². The van der Waals surface area contributed by atoms with Crippen molar-refractivity contribution in [3.63, 3.8) is 0 Å². The molecule has 0 saturated carbocycles. The van der Waals surface area contributed by atoms with Gasteiger partial charge in [0.25, 0.3) is 0 Å². The van der Waals surface area contributed by atoms with Crippen LogP contribution in [0.5, 0.6) is 0 Å². The summed E-state index contributed by atoms with van der Waals surface area (Å²) in [6.07, 6.45) is 0. The van der Waals surface area contributed by atoms with Gasteiger partial charge in [-0.05, 0) is 32.4 Å². The second-order valence-electron chi connectivity index (χ2n) is 5.27. The van der Waals surface area contributed by atoms with Crippen LogP contribution in [0.4, 0.5) is 5.69 Å². The van der Waals surface area contributed by atoms with E-state index in [-0.39, 0.29) is 5.25 Å². The second kappa shape index (κ2) is 5.51. The van der Waals surface area contributed by atoms with Crippen LogP contribution in [0, 0.1) is 6.92 Å². The number of aryl methyl sites for hydroxylation is 1. The molecule has 1 fully saturated rings. The van der Waals surface area contributed by atoms with Gasteiger partial charge in [0.2, 0.25) is 10.0 Å². The first-order valence-electron chi connectivity index (χ1n) is 6.72. The van der Waals surface area contributed by atoms with E-state index in [4.69, 9.17) is 0 Å². The third-order valence-corrected chi connectivity index (χ3v) is 5.93. The summed E-state index contributed by atoms with van der Waals surface area (Å²) < 4.78 is 25.8. The lowest BCUT2D eigenvalue weighted by molar-refractivity contribution is 0.381. The highest BCUT2D eigenvalue weighted by atomic mass is 32.2. The molecule has 0 unspecified atom stereocenters. The van der Waals surface area contributed by atoms with E-state index in [1.54, 1.807) is 18.2 Å². The summed E-state index contributed by atoms with van der Waals surface area (Å²) in [6, 6.07) is 8.24. The lowest BCUT2D eigenvalue weighted by atomic mass is 10.1. The van der Waals surface area contributed by atoms with Crippen LogP contribution in [-0.4, -0.2) is 44.2 Å². The van der Waals surface area contributed by atoms with E-state index in [0.29, 0.717) is 13.1 Å². The summed E-state index contributed by atoms with van der Waals surface area (Å²) in [7, 11) is -3.11. The predicted molar refractivity (Wildman–Crippen MR) is 79.0 cm³/mol. The van der Waals surface area contributed by atoms with Crippen LogP contribution in [-0.2, 0) is 10.0 Å². The van der Waals surface area contributed by atoms with E-state index in [2.05, 4.69) is 24.0 Å². The predicted octanol–water partition coefficient (Wildman–Crippen LogP) is 1.86. The topological polar surface area (TPSA) is 40.6 Å². The van der Waals surface area contributed by atoms with Crippen molar-refractivity contribution >= 4 is 15.7 Å². The number of piperazine rings is 1. The van der Waals surface area contributed by atoms with Crippen molar-refractivity contribution in [2.24, 2.45) is 0 Å². The maximum absolute atomic E-state index is 12.1. The molecule has 0 radical (unpaired) electrons. The third-order valence-electron chi connectivity index (χ3n) is 3.65. The monoisotopic (exact) mass is 282 g/mol. The van der Waals surface area contributed by atoms with Gasteiger partial charge < -0.3 is 4.90 Å². The van der Waals surface area contributed by atoms with Crippen molar-refractivity contribution < 1.29 is 8.42 Å². The van der Waals surface area contributed by atoms with Crippen LogP contribution in [0.1, 0.15) is 19.4 Å². The van der Waals surface area contributed by atoms with Crippen LogP contribution in [0.25, 0.3) is 0 Å². The van der Waals surface area contributed by atoms with Gasteiger partial charge in [-0.15, -0.1) is 0 Å². The van der Waals surface area contributed by atoms with Gasteiger partial charge in [0.1, 0.15) is 0 Å². The van der Waals surface area contributed by atoms with Gasteiger partial charge in [0, 0.05) is 31.9 Å². The first kappa shape index (κ1) is 14.3. The number of benzene rings is 1. The number of hydrogen-bond donors (Lipinski definition) is 0.